The molecule has 0 radical (unpaired) electrons. The van der Waals surface area contributed by atoms with Crippen LogP contribution in [0.25, 0.3) is 22.3 Å². The van der Waals surface area contributed by atoms with Crippen molar-refractivity contribution in [1.29, 1.82) is 0 Å². The average molecular weight is 492 g/mol. The van der Waals surface area contributed by atoms with Crippen LogP contribution in [0.1, 0.15) is 0 Å². The van der Waals surface area contributed by atoms with Crippen molar-refractivity contribution in [3.05, 3.63) is 40.6 Å². The summed E-state index contributed by atoms with van der Waals surface area (Å²) in [6.45, 7) is -0.711. The first-order valence-corrected chi connectivity index (χ1v) is 10.4. The van der Waals surface area contributed by atoms with E-state index in [9.17, 15) is 35.4 Å². The van der Waals surface area contributed by atoms with Crippen molar-refractivity contribution >= 4 is 11.0 Å². The summed E-state index contributed by atoms with van der Waals surface area (Å²) in [7, 11) is 2.71. The molecule has 5 atom stereocenters. The van der Waals surface area contributed by atoms with Gasteiger partial charge in [0, 0.05) is 17.7 Å². The first-order chi connectivity index (χ1) is 16.7. The second-order valence-electron chi connectivity index (χ2n) is 7.81. The maximum absolute atomic E-state index is 13.5. The van der Waals surface area contributed by atoms with Crippen LogP contribution < -0.4 is 19.6 Å². The molecule has 5 unspecified atom stereocenters. The minimum Gasteiger partial charge on any atom is -0.507 e. The van der Waals surface area contributed by atoms with E-state index >= 15 is 0 Å². The smallest absolute Gasteiger partial charge is 0.239 e. The van der Waals surface area contributed by atoms with Crippen LogP contribution in [0, 0.1) is 0 Å². The number of hydrogen-bond acceptors (Lipinski definition) is 12. The van der Waals surface area contributed by atoms with Crippen LogP contribution in [0.5, 0.6) is 28.7 Å². The molecule has 1 aliphatic rings. The first-order valence-electron chi connectivity index (χ1n) is 10.4. The summed E-state index contributed by atoms with van der Waals surface area (Å²) in [6.07, 6.45) is -8.22. The summed E-state index contributed by atoms with van der Waals surface area (Å²) in [5, 5.41) is 60.4. The zero-order valence-corrected chi connectivity index (χ0v) is 18.6. The lowest BCUT2D eigenvalue weighted by Crippen LogP contribution is -2.60. The molecule has 3 aromatic rings. The van der Waals surface area contributed by atoms with Gasteiger partial charge in [-0.2, -0.15) is 0 Å². The normalized spacial score (nSPS) is 24.3. The van der Waals surface area contributed by atoms with Crippen LogP contribution in [-0.4, -0.2) is 82.2 Å². The van der Waals surface area contributed by atoms with E-state index in [1.807, 2.05) is 0 Å². The highest BCUT2D eigenvalue weighted by Crippen LogP contribution is 2.39. The van der Waals surface area contributed by atoms with Crippen molar-refractivity contribution < 1.29 is 54.0 Å². The number of ether oxygens (including phenoxy) is 4. The van der Waals surface area contributed by atoms with Crippen molar-refractivity contribution in [2.24, 2.45) is 0 Å². The zero-order valence-electron chi connectivity index (χ0n) is 18.6. The third-order valence-corrected chi connectivity index (χ3v) is 5.67. The maximum atomic E-state index is 13.5. The highest BCUT2D eigenvalue weighted by atomic mass is 16.7. The molecule has 1 aliphatic heterocycles. The zero-order chi connectivity index (χ0) is 25.4. The van der Waals surface area contributed by atoms with Crippen molar-refractivity contribution in [3.63, 3.8) is 0 Å². The van der Waals surface area contributed by atoms with Crippen LogP contribution in [0.15, 0.2) is 39.5 Å². The summed E-state index contributed by atoms with van der Waals surface area (Å²) in [4.78, 5) is 13.5. The van der Waals surface area contributed by atoms with Gasteiger partial charge in [0.15, 0.2) is 17.3 Å². The Hall–Kier alpha value is -3.55. The molecule has 2 heterocycles. The van der Waals surface area contributed by atoms with E-state index in [1.54, 1.807) is 0 Å². The second-order valence-corrected chi connectivity index (χ2v) is 7.81. The number of phenols is 2. The Morgan fingerprint density at radius 3 is 2.31 bits per heavy atom. The van der Waals surface area contributed by atoms with Gasteiger partial charge in [-0.1, -0.05) is 0 Å². The molecule has 12 heteroatoms. The molecule has 0 bridgehead atoms. The molecule has 1 saturated heterocycles. The summed E-state index contributed by atoms with van der Waals surface area (Å²) in [6, 6.07) is 6.66. The molecule has 6 N–H and O–H groups in total. The number of methoxy groups -OCH3 is 2. The predicted octanol–water partition coefficient (Wildman–Crippen LogP) is 0.0671. The summed E-state index contributed by atoms with van der Waals surface area (Å²) < 4.78 is 27.0. The summed E-state index contributed by atoms with van der Waals surface area (Å²) in [5.74, 6) is -1.16. The van der Waals surface area contributed by atoms with Gasteiger partial charge in [0.2, 0.25) is 17.5 Å². The van der Waals surface area contributed by atoms with Crippen molar-refractivity contribution in [1.82, 2.24) is 0 Å². The van der Waals surface area contributed by atoms with E-state index in [1.165, 1.54) is 44.6 Å². The molecule has 1 fully saturated rings. The quantitative estimate of drug-likeness (QED) is 0.272. The Morgan fingerprint density at radius 2 is 1.69 bits per heavy atom. The van der Waals surface area contributed by atoms with Gasteiger partial charge < -0.3 is 54.0 Å². The lowest BCUT2D eigenvalue weighted by molar-refractivity contribution is -0.277. The lowest BCUT2D eigenvalue weighted by atomic mass is 9.99. The molecular formula is C23H24O12. The molecular weight excluding hydrogens is 468 g/mol. The van der Waals surface area contributed by atoms with Gasteiger partial charge in [0.05, 0.1) is 20.8 Å². The van der Waals surface area contributed by atoms with Gasteiger partial charge in [0.25, 0.3) is 0 Å². The molecule has 12 nitrogen and oxygen atoms in total. The number of aromatic hydroxyl groups is 2. The summed E-state index contributed by atoms with van der Waals surface area (Å²) in [5.41, 5.74) is -0.781. The van der Waals surface area contributed by atoms with E-state index in [4.69, 9.17) is 23.4 Å². The molecule has 0 aliphatic carbocycles. The fourth-order valence-corrected chi connectivity index (χ4v) is 3.78. The Bertz CT molecular complexity index is 1280. The van der Waals surface area contributed by atoms with Crippen LogP contribution in [0.3, 0.4) is 0 Å². The van der Waals surface area contributed by atoms with E-state index in [-0.39, 0.29) is 39.5 Å². The topological polar surface area (TPSA) is 189 Å². The maximum Gasteiger partial charge on any atom is 0.239 e. The third kappa shape index (κ3) is 4.33. The fraction of sp³-hybridized carbons (Fsp3) is 0.348. The van der Waals surface area contributed by atoms with E-state index < -0.39 is 54.2 Å². The molecule has 4 rings (SSSR count). The minimum absolute atomic E-state index is 0.0710. The number of benzene rings is 2. The SMILES string of the molecule is COc1cc(O)c2c(=O)c(OC3OC(CO)C(O)C(O)C3O)c(-c3ccc(OC)c(O)c3)oc2c1. The molecule has 0 saturated carbocycles. The summed E-state index contributed by atoms with van der Waals surface area (Å²) >= 11 is 0. The van der Waals surface area contributed by atoms with Crippen molar-refractivity contribution in [2.75, 3.05) is 20.8 Å². The van der Waals surface area contributed by atoms with Crippen molar-refractivity contribution in [3.8, 4) is 40.1 Å². The van der Waals surface area contributed by atoms with Crippen LogP contribution >= 0.6 is 0 Å². The van der Waals surface area contributed by atoms with E-state index in [0.717, 1.165) is 0 Å². The molecule has 0 amide bonds. The van der Waals surface area contributed by atoms with Crippen LogP contribution in [-0.2, 0) is 4.74 Å². The number of hydrogen-bond donors (Lipinski definition) is 6. The van der Waals surface area contributed by atoms with E-state index in [2.05, 4.69) is 0 Å². The molecule has 0 spiro atoms. The minimum atomic E-state index is -1.82. The van der Waals surface area contributed by atoms with Gasteiger partial charge in [-0.3, -0.25) is 4.79 Å². The fourth-order valence-electron chi connectivity index (χ4n) is 3.78. The van der Waals surface area contributed by atoms with E-state index in [0.29, 0.717) is 0 Å². The largest absolute Gasteiger partial charge is 0.507 e. The molecule has 35 heavy (non-hydrogen) atoms. The van der Waals surface area contributed by atoms with Gasteiger partial charge in [-0.05, 0) is 18.2 Å². The predicted molar refractivity (Wildman–Crippen MR) is 119 cm³/mol. The highest BCUT2D eigenvalue weighted by molar-refractivity contribution is 5.88. The van der Waals surface area contributed by atoms with Gasteiger partial charge in [0.1, 0.15) is 46.9 Å². The monoisotopic (exact) mass is 492 g/mol. The average Bonchev–Trinajstić information content (AvgIpc) is 2.85. The van der Waals surface area contributed by atoms with Gasteiger partial charge in [-0.15, -0.1) is 0 Å². The number of fused-ring (bicyclic) bond motifs is 1. The third-order valence-electron chi connectivity index (χ3n) is 5.67. The highest BCUT2D eigenvalue weighted by Gasteiger charge is 2.45. The number of rotatable bonds is 6. The van der Waals surface area contributed by atoms with Crippen LogP contribution in [0.4, 0.5) is 0 Å². The Kier molecular flexibility index (Phi) is 6.74. The second kappa shape index (κ2) is 9.60. The number of aliphatic hydroxyl groups is 4. The molecule has 188 valence electrons. The van der Waals surface area contributed by atoms with Gasteiger partial charge >= 0.3 is 0 Å². The Morgan fingerprint density at radius 1 is 0.943 bits per heavy atom. The standard InChI is InChI=1S/C23H24O12/c1-31-10-6-12(26)16-14(7-10)33-21(9-3-4-13(32-2)11(25)5-9)22(18(16)28)35-23-20(30)19(29)17(27)15(8-24)34-23/h3-7,15,17,19-20,23-27,29-30H,8H2,1-2H3. The van der Waals surface area contributed by atoms with Gasteiger partial charge in [-0.25, -0.2) is 0 Å². The Labute approximate surface area is 197 Å². The Balaban J connectivity index is 1.91. The molecule has 1 aromatic heterocycles. The molecule has 2 aromatic carbocycles. The first kappa shape index (κ1) is 24.6. The van der Waals surface area contributed by atoms with Crippen molar-refractivity contribution in [2.45, 2.75) is 30.7 Å². The van der Waals surface area contributed by atoms with Crippen LogP contribution in [0.2, 0.25) is 0 Å². The number of phenolic OH excluding ortho intramolecular Hbond substituents is 2. The number of aliphatic hydroxyl groups excluding tert-OH is 4. The lowest BCUT2D eigenvalue weighted by Gasteiger charge is -2.39.